The van der Waals surface area contributed by atoms with E-state index in [0.29, 0.717) is 12.0 Å². The molecule has 0 radical (unpaired) electrons. The first kappa shape index (κ1) is 22.4. The Hall–Kier alpha value is -3.03. The lowest BCUT2D eigenvalue weighted by atomic mass is 9.89. The molecular weight excluding hydrogens is 446 g/mol. The molecule has 0 spiro atoms. The third-order valence-electron chi connectivity index (χ3n) is 7.60. The quantitative estimate of drug-likeness (QED) is 0.512. The molecule has 2 N–H and O–H groups in total. The van der Waals surface area contributed by atoms with Gasteiger partial charge in [0.15, 0.2) is 0 Å². The molecule has 182 valence electrons. The molecule has 3 aromatic rings. The number of hydrogen-bond donors (Lipinski definition) is 2. The first-order valence-corrected chi connectivity index (χ1v) is 12.4. The summed E-state index contributed by atoms with van der Waals surface area (Å²) < 4.78 is 30.2. The molecule has 1 aliphatic carbocycles. The van der Waals surface area contributed by atoms with Crippen molar-refractivity contribution in [3.8, 4) is 11.1 Å². The van der Waals surface area contributed by atoms with E-state index < -0.39 is 6.43 Å². The highest BCUT2D eigenvalue weighted by Crippen LogP contribution is 2.44. The normalized spacial score (nSPS) is 19.6. The number of rotatable bonds is 4. The Kier molecular flexibility index (Phi) is 5.69. The number of aliphatic hydroxyl groups excluding tert-OH is 1. The first-order chi connectivity index (χ1) is 17.0. The standard InChI is InChI=1S/C28H30F2N4O/c1-33-16-21(14-32-33)23-10-18-3-2-8-34(26(18)12-24(23)28(29)30)27-11-19(9-20-13-31-15-25(20)27)17-4-6-22(35)7-5-17/h4,9-12,14,16,22,28,31,35H,2-3,5-8,13,15H2,1H3. The molecule has 2 aromatic carbocycles. The van der Waals surface area contributed by atoms with Crippen molar-refractivity contribution < 1.29 is 13.9 Å². The topological polar surface area (TPSA) is 53.3 Å². The van der Waals surface area contributed by atoms with Gasteiger partial charge >= 0.3 is 0 Å². The minimum atomic E-state index is -2.57. The van der Waals surface area contributed by atoms with Gasteiger partial charge in [0.25, 0.3) is 6.43 Å². The molecular formula is C28H30F2N4O. The maximum absolute atomic E-state index is 14.3. The molecule has 2 aliphatic heterocycles. The molecule has 7 heteroatoms. The minimum absolute atomic E-state index is 0.0542. The second kappa shape index (κ2) is 8.88. The maximum Gasteiger partial charge on any atom is 0.264 e. The van der Waals surface area contributed by atoms with Gasteiger partial charge in [0.1, 0.15) is 0 Å². The highest BCUT2D eigenvalue weighted by atomic mass is 19.3. The number of allylic oxidation sites excluding steroid dienone is 1. The molecule has 35 heavy (non-hydrogen) atoms. The Morgan fingerprint density at radius 1 is 1.06 bits per heavy atom. The van der Waals surface area contributed by atoms with Crippen LogP contribution in [0.15, 0.2) is 42.7 Å². The Balaban J connectivity index is 1.47. The lowest BCUT2D eigenvalue weighted by Crippen LogP contribution is -2.26. The second-order valence-corrected chi connectivity index (χ2v) is 9.92. The molecule has 1 atom stereocenters. The number of aryl methyl sites for hydroxylation is 2. The average Bonchev–Trinajstić information content (AvgIpc) is 3.51. The Bertz CT molecular complexity index is 1310. The molecule has 0 bridgehead atoms. The van der Waals surface area contributed by atoms with Crippen molar-refractivity contribution in [2.45, 2.75) is 57.7 Å². The summed E-state index contributed by atoms with van der Waals surface area (Å²) in [5.74, 6) is 0. The number of fused-ring (bicyclic) bond motifs is 2. The summed E-state index contributed by atoms with van der Waals surface area (Å²) in [4.78, 5) is 2.26. The van der Waals surface area contributed by atoms with Crippen LogP contribution in [0.1, 0.15) is 59.9 Å². The number of nitrogens with one attached hydrogen (secondary N) is 1. The lowest BCUT2D eigenvalue weighted by Gasteiger charge is -2.34. The zero-order valence-corrected chi connectivity index (χ0v) is 19.9. The van der Waals surface area contributed by atoms with Gasteiger partial charge in [0.05, 0.1) is 12.3 Å². The van der Waals surface area contributed by atoms with Crippen molar-refractivity contribution in [2.24, 2.45) is 7.05 Å². The number of alkyl halides is 2. The van der Waals surface area contributed by atoms with E-state index in [4.69, 9.17) is 0 Å². The number of nitrogens with zero attached hydrogens (tertiary/aromatic N) is 3. The summed E-state index contributed by atoms with van der Waals surface area (Å²) in [6.45, 7) is 2.40. The number of aromatic nitrogens is 2. The zero-order valence-electron chi connectivity index (χ0n) is 19.9. The molecule has 0 saturated heterocycles. The van der Waals surface area contributed by atoms with E-state index in [1.165, 1.54) is 22.3 Å². The van der Waals surface area contributed by atoms with E-state index in [-0.39, 0.29) is 11.7 Å². The van der Waals surface area contributed by atoms with E-state index in [2.05, 4.69) is 33.5 Å². The van der Waals surface area contributed by atoms with Gasteiger partial charge in [0, 0.05) is 55.4 Å². The highest BCUT2D eigenvalue weighted by molar-refractivity contribution is 5.80. The molecule has 6 rings (SSSR count). The van der Waals surface area contributed by atoms with Gasteiger partial charge in [-0.1, -0.05) is 6.08 Å². The van der Waals surface area contributed by atoms with Crippen LogP contribution in [0.4, 0.5) is 20.2 Å². The fraction of sp³-hybridized carbons (Fsp3) is 0.393. The van der Waals surface area contributed by atoms with Gasteiger partial charge in [0.2, 0.25) is 0 Å². The fourth-order valence-electron chi connectivity index (χ4n) is 5.80. The van der Waals surface area contributed by atoms with Gasteiger partial charge in [-0.25, -0.2) is 8.78 Å². The largest absolute Gasteiger partial charge is 0.393 e. The smallest absolute Gasteiger partial charge is 0.264 e. The van der Waals surface area contributed by atoms with Crippen molar-refractivity contribution in [3.63, 3.8) is 0 Å². The van der Waals surface area contributed by atoms with Crippen LogP contribution in [-0.2, 0) is 26.6 Å². The number of halogens is 2. The summed E-state index contributed by atoms with van der Waals surface area (Å²) in [5, 5.41) is 17.6. The van der Waals surface area contributed by atoms with Crippen LogP contribution in [-0.4, -0.2) is 27.5 Å². The van der Waals surface area contributed by atoms with E-state index in [0.717, 1.165) is 67.8 Å². The van der Waals surface area contributed by atoms with Crippen LogP contribution in [0.2, 0.25) is 0 Å². The molecule has 0 amide bonds. The molecule has 5 nitrogen and oxygen atoms in total. The Morgan fingerprint density at radius 2 is 1.94 bits per heavy atom. The van der Waals surface area contributed by atoms with Crippen LogP contribution in [0.5, 0.6) is 0 Å². The number of benzene rings is 2. The van der Waals surface area contributed by atoms with E-state index in [1.54, 1.807) is 30.2 Å². The van der Waals surface area contributed by atoms with Crippen LogP contribution in [0.25, 0.3) is 16.7 Å². The second-order valence-electron chi connectivity index (χ2n) is 9.92. The van der Waals surface area contributed by atoms with Crippen LogP contribution < -0.4 is 10.2 Å². The fourth-order valence-corrected chi connectivity index (χ4v) is 5.80. The number of hydrogen-bond acceptors (Lipinski definition) is 4. The Labute approximate surface area is 204 Å². The number of anilines is 2. The first-order valence-electron chi connectivity index (χ1n) is 12.4. The summed E-state index contributed by atoms with van der Waals surface area (Å²) in [6, 6.07) is 8.16. The SMILES string of the molecule is Cn1cc(-c2cc3c(cc2C(F)F)N(c2cc(C4=CCC(O)CC4)cc4c2CNC4)CCC3)cn1. The molecule has 3 aliphatic rings. The molecule has 3 heterocycles. The third-order valence-corrected chi connectivity index (χ3v) is 7.60. The van der Waals surface area contributed by atoms with Gasteiger partial charge in [-0.2, -0.15) is 5.10 Å². The average molecular weight is 477 g/mol. The minimum Gasteiger partial charge on any atom is -0.393 e. The predicted molar refractivity (Wildman–Crippen MR) is 134 cm³/mol. The van der Waals surface area contributed by atoms with Crippen LogP contribution >= 0.6 is 0 Å². The van der Waals surface area contributed by atoms with E-state index in [9.17, 15) is 13.9 Å². The zero-order chi connectivity index (χ0) is 24.1. The van der Waals surface area contributed by atoms with Gasteiger partial charge < -0.3 is 15.3 Å². The van der Waals surface area contributed by atoms with Gasteiger partial charge in [-0.3, -0.25) is 4.68 Å². The summed E-state index contributed by atoms with van der Waals surface area (Å²) >= 11 is 0. The van der Waals surface area contributed by atoms with Crippen LogP contribution in [0, 0.1) is 0 Å². The third kappa shape index (κ3) is 4.06. The lowest BCUT2D eigenvalue weighted by molar-refractivity contribution is 0.152. The van der Waals surface area contributed by atoms with Gasteiger partial charge in [-0.05, 0) is 89.8 Å². The van der Waals surface area contributed by atoms with E-state index >= 15 is 0 Å². The molecule has 1 aromatic heterocycles. The Morgan fingerprint density at radius 3 is 2.69 bits per heavy atom. The number of aliphatic hydroxyl groups is 1. The van der Waals surface area contributed by atoms with Crippen molar-refractivity contribution >= 4 is 16.9 Å². The molecule has 0 saturated carbocycles. The van der Waals surface area contributed by atoms with Crippen molar-refractivity contribution in [2.75, 3.05) is 11.4 Å². The molecule has 1 unspecified atom stereocenters. The monoisotopic (exact) mass is 476 g/mol. The maximum atomic E-state index is 14.3. The highest BCUT2D eigenvalue weighted by Gasteiger charge is 2.28. The van der Waals surface area contributed by atoms with E-state index in [1.807, 2.05) is 6.07 Å². The predicted octanol–water partition coefficient (Wildman–Crippen LogP) is 5.64. The summed E-state index contributed by atoms with van der Waals surface area (Å²) in [5.41, 5.74) is 9.44. The van der Waals surface area contributed by atoms with Gasteiger partial charge in [-0.15, -0.1) is 0 Å². The summed E-state index contributed by atoms with van der Waals surface area (Å²) in [7, 11) is 1.80. The van der Waals surface area contributed by atoms with Crippen molar-refractivity contribution in [3.05, 3.63) is 70.6 Å². The van der Waals surface area contributed by atoms with Crippen molar-refractivity contribution in [1.29, 1.82) is 0 Å². The van der Waals surface area contributed by atoms with Crippen molar-refractivity contribution in [1.82, 2.24) is 15.1 Å². The van der Waals surface area contributed by atoms with Crippen LogP contribution in [0.3, 0.4) is 0 Å². The molecule has 0 fully saturated rings. The summed E-state index contributed by atoms with van der Waals surface area (Å²) in [6.07, 6.45) is 6.92.